The fourth-order valence-corrected chi connectivity index (χ4v) is 2.87. The van der Waals surface area contributed by atoms with E-state index < -0.39 is 0 Å². The maximum Gasteiger partial charge on any atom is 0.163 e. The molecule has 1 atom stereocenters. The molecule has 0 radical (unpaired) electrons. The first kappa shape index (κ1) is 12.9. The molecule has 0 bridgehead atoms. The summed E-state index contributed by atoms with van der Waals surface area (Å²) in [7, 11) is 0. The van der Waals surface area contributed by atoms with Crippen LogP contribution in [0.3, 0.4) is 0 Å². The van der Waals surface area contributed by atoms with Gasteiger partial charge in [-0.15, -0.1) is 0 Å². The maximum atomic E-state index is 11.9. The molecule has 0 amide bonds. The van der Waals surface area contributed by atoms with Crippen molar-refractivity contribution in [3.05, 3.63) is 53.7 Å². The molecule has 3 nitrogen and oxygen atoms in total. The standard InChI is InChI=1S/C17H18N2O/c1-12-9-10-14-6-3-4-8-16(14)19(12)17-15(13(2)20)7-5-11-18-17/h3-8,11-12H,9-10H2,1-2H3. The third kappa shape index (κ3) is 2.09. The summed E-state index contributed by atoms with van der Waals surface area (Å²) >= 11 is 0. The van der Waals surface area contributed by atoms with Gasteiger partial charge in [0, 0.05) is 17.9 Å². The van der Waals surface area contributed by atoms with Crippen molar-refractivity contribution in [3.63, 3.8) is 0 Å². The van der Waals surface area contributed by atoms with Crippen LogP contribution in [0, 0.1) is 0 Å². The quantitative estimate of drug-likeness (QED) is 0.776. The third-order valence-corrected chi connectivity index (χ3v) is 3.92. The van der Waals surface area contributed by atoms with Crippen molar-refractivity contribution in [2.45, 2.75) is 32.7 Å². The van der Waals surface area contributed by atoms with Gasteiger partial charge in [-0.2, -0.15) is 0 Å². The predicted octanol–water partition coefficient (Wildman–Crippen LogP) is 3.76. The summed E-state index contributed by atoms with van der Waals surface area (Å²) in [6.07, 6.45) is 3.91. The molecule has 0 N–H and O–H groups in total. The first-order chi connectivity index (χ1) is 9.68. The lowest BCUT2D eigenvalue weighted by Crippen LogP contribution is -2.34. The number of aryl methyl sites for hydroxylation is 1. The average molecular weight is 266 g/mol. The van der Waals surface area contributed by atoms with E-state index in [0.717, 1.165) is 18.7 Å². The van der Waals surface area contributed by atoms with Crippen LogP contribution in [0.4, 0.5) is 11.5 Å². The first-order valence-corrected chi connectivity index (χ1v) is 7.01. The lowest BCUT2D eigenvalue weighted by atomic mass is 9.96. The number of aromatic nitrogens is 1. The predicted molar refractivity (Wildman–Crippen MR) is 80.6 cm³/mol. The summed E-state index contributed by atoms with van der Waals surface area (Å²) in [5.41, 5.74) is 3.19. The average Bonchev–Trinajstić information content (AvgIpc) is 2.47. The second kappa shape index (κ2) is 5.08. The van der Waals surface area contributed by atoms with Crippen molar-refractivity contribution < 1.29 is 4.79 Å². The number of ketones is 1. The Balaban J connectivity index is 2.17. The first-order valence-electron chi connectivity index (χ1n) is 7.01. The second-order valence-corrected chi connectivity index (χ2v) is 5.32. The van der Waals surface area contributed by atoms with Gasteiger partial charge in [0.15, 0.2) is 5.78 Å². The van der Waals surface area contributed by atoms with E-state index in [1.165, 1.54) is 11.3 Å². The van der Waals surface area contributed by atoms with Gasteiger partial charge in [0.25, 0.3) is 0 Å². The summed E-state index contributed by atoms with van der Waals surface area (Å²) in [4.78, 5) is 18.5. The minimum atomic E-state index is 0.0587. The Bertz CT molecular complexity index is 651. The van der Waals surface area contributed by atoms with Crippen LogP contribution in [-0.4, -0.2) is 16.8 Å². The number of benzene rings is 1. The van der Waals surface area contributed by atoms with Crippen molar-refractivity contribution in [1.29, 1.82) is 0 Å². The Morgan fingerprint density at radius 2 is 2.05 bits per heavy atom. The van der Waals surface area contributed by atoms with Crippen molar-refractivity contribution in [2.24, 2.45) is 0 Å². The highest BCUT2D eigenvalue weighted by molar-refractivity contribution is 5.99. The summed E-state index contributed by atoms with van der Waals surface area (Å²) < 4.78 is 0. The van der Waals surface area contributed by atoms with E-state index in [1.54, 1.807) is 13.1 Å². The van der Waals surface area contributed by atoms with Crippen LogP contribution >= 0.6 is 0 Å². The number of fused-ring (bicyclic) bond motifs is 1. The molecule has 3 heteroatoms. The van der Waals surface area contributed by atoms with E-state index in [2.05, 4.69) is 35.0 Å². The van der Waals surface area contributed by atoms with E-state index in [1.807, 2.05) is 18.2 Å². The maximum absolute atomic E-state index is 11.9. The van der Waals surface area contributed by atoms with Gasteiger partial charge in [-0.1, -0.05) is 18.2 Å². The molecule has 1 aromatic carbocycles. The summed E-state index contributed by atoms with van der Waals surface area (Å²) in [5.74, 6) is 0.836. The fraction of sp³-hybridized carbons (Fsp3) is 0.294. The smallest absolute Gasteiger partial charge is 0.163 e. The zero-order chi connectivity index (χ0) is 14.1. The molecule has 0 spiro atoms. The van der Waals surface area contributed by atoms with E-state index in [9.17, 15) is 4.79 Å². The number of para-hydroxylation sites is 1. The van der Waals surface area contributed by atoms with Crippen LogP contribution in [0.25, 0.3) is 0 Å². The summed E-state index contributed by atoms with van der Waals surface area (Å²) in [5, 5.41) is 0. The number of Topliss-reactive ketones (excluding diaryl/α,β-unsaturated/α-hetero) is 1. The minimum absolute atomic E-state index is 0.0587. The van der Waals surface area contributed by atoms with Crippen LogP contribution < -0.4 is 4.90 Å². The number of carbonyl (C=O) groups excluding carboxylic acids is 1. The zero-order valence-corrected chi connectivity index (χ0v) is 11.8. The van der Waals surface area contributed by atoms with E-state index in [4.69, 9.17) is 0 Å². The van der Waals surface area contributed by atoms with Crippen LogP contribution in [0.15, 0.2) is 42.6 Å². The van der Waals surface area contributed by atoms with E-state index in [-0.39, 0.29) is 5.78 Å². The van der Waals surface area contributed by atoms with Gasteiger partial charge in [-0.25, -0.2) is 4.98 Å². The topological polar surface area (TPSA) is 33.2 Å². The highest BCUT2D eigenvalue weighted by atomic mass is 16.1. The molecule has 1 aromatic heterocycles. The van der Waals surface area contributed by atoms with Gasteiger partial charge in [0.05, 0.1) is 5.56 Å². The van der Waals surface area contributed by atoms with Gasteiger partial charge in [0.2, 0.25) is 0 Å². The molecule has 3 rings (SSSR count). The Morgan fingerprint density at radius 1 is 1.25 bits per heavy atom. The molecule has 2 heterocycles. The van der Waals surface area contributed by atoms with Crippen LogP contribution in [-0.2, 0) is 6.42 Å². The SMILES string of the molecule is CC(=O)c1cccnc1N1c2ccccc2CCC1C. The highest BCUT2D eigenvalue weighted by Crippen LogP contribution is 2.37. The van der Waals surface area contributed by atoms with Crippen molar-refractivity contribution >= 4 is 17.3 Å². The summed E-state index contributed by atoms with van der Waals surface area (Å²) in [6, 6.07) is 12.4. The molecule has 1 aliphatic rings. The molecule has 0 aliphatic carbocycles. The van der Waals surface area contributed by atoms with Crippen molar-refractivity contribution in [1.82, 2.24) is 4.98 Å². The molecule has 20 heavy (non-hydrogen) atoms. The Morgan fingerprint density at radius 3 is 2.85 bits per heavy atom. The normalized spacial score (nSPS) is 17.7. The molecule has 1 unspecified atom stereocenters. The highest BCUT2D eigenvalue weighted by Gasteiger charge is 2.27. The third-order valence-electron chi connectivity index (χ3n) is 3.92. The van der Waals surface area contributed by atoms with E-state index in [0.29, 0.717) is 11.6 Å². The number of hydrogen-bond acceptors (Lipinski definition) is 3. The van der Waals surface area contributed by atoms with Gasteiger partial charge in [-0.05, 0) is 50.5 Å². The van der Waals surface area contributed by atoms with Crippen molar-refractivity contribution in [3.8, 4) is 0 Å². The lowest BCUT2D eigenvalue weighted by Gasteiger charge is -2.37. The Labute approximate surface area is 119 Å². The molecular formula is C17H18N2O. The number of anilines is 2. The number of nitrogens with zero attached hydrogens (tertiary/aromatic N) is 2. The molecule has 2 aromatic rings. The fourth-order valence-electron chi connectivity index (χ4n) is 2.87. The van der Waals surface area contributed by atoms with Crippen LogP contribution in [0.5, 0.6) is 0 Å². The number of pyridine rings is 1. The number of rotatable bonds is 2. The molecule has 0 saturated heterocycles. The van der Waals surface area contributed by atoms with Crippen molar-refractivity contribution in [2.75, 3.05) is 4.90 Å². The summed E-state index contributed by atoms with van der Waals surface area (Å²) in [6.45, 7) is 3.79. The van der Waals surface area contributed by atoms with Crippen LogP contribution in [0.2, 0.25) is 0 Å². The molecule has 0 fully saturated rings. The van der Waals surface area contributed by atoms with Crippen LogP contribution in [0.1, 0.15) is 36.2 Å². The molecule has 1 aliphatic heterocycles. The van der Waals surface area contributed by atoms with E-state index >= 15 is 0 Å². The Hall–Kier alpha value is -2.16. The minimum Gasteiger partial charge on any atom is -0.323 e. The monoisotopic (exact) mass is 266 g/mol. The molecule has 0 saturated carbocycles. The molecule has 102 valence electrons. The lowest BCUT2D eigenvalue weighted by molar-refractivity contribution is 0.101. The van der Waals surface area contributed by atoms with Gasteiger partial charge in [0.1, 0.15) is 5.82 Å². The second-order valence-electron chi connectivity index (χ2n) is 5.32. The zero-order valence-electron chi connectivity index (χ0n) is 11.8. The van der Waals surface area contributed by atoms with Gasteiger partial charge in [-0.3, -0.25) is 4.79 Å². The Kier molecular flexibility index (Phi) is 3.26. The number of carbonyl (C=O) groups is 1. The largest absolute Gasteiger partial charge is 0.323 e. The number of hydrogen-bond donors (Lipinski definition) is 0. The molecular weight excluding hydrogens is 248 g/mol. The van der Waals surface area contributed by atoms with Gasteiger partial charge >= 0.3 is 0 Å². The van der Waals surface area contributed by atoms with Gasteiger partial charge < -0.3 is 4.90 Å².